The van der Waals surface area contributed by atoms with Gasteiger partial charge in [0.25, 0.3) is 5.91 Å². The maximum absolute atomic E-state index is 11.9. The Hall–Kier alpha value is -2.34. The van der Waals surface area contributed by atoms with Crippen LogP contribution in [-0.2, 0) is 11.3 Å². The minimum Gasteiger partial charge on any atom is -0.483 e. The zero-order chi connectivity index (χ0) is 16.7. The van der Waals surface area contributed by atoms with Crippen LogP contribution in [0.4, 0.5) is 0 Å². The quantitative estimate of drug-likeness (QED) is 0.939. The Balaban J connectivity index is 1.90. The molecule has 1 amide bonds. The fourth-order valence-electron chi connectivity index (χ4n) is 3.86. The molecule has 4 rings (SSSR count). The van der Waals surface area contributed by atoms with E-state index in [-0.39, 0.29) is 6.10 Å². The van der Waals surface area contributed by atoms with Crippen molar-refractivity contribution in [2.45, 2.75) is 32.4 Å². The van der Waals surface area contributed by atoms with Gasteiger partial charge in [-0.3, -0.25) is 9.78 Å². The maximum atomic E-state index is 11.9. The molecule has 24 heavy (non-hydrogen) atoms. The van der Waals surface area contributed by atoms with Gasteiger partial charge in [0, 0.05) is 43.0 Å². The van der Waals surface area contributed by atoms with Crippen LogP contribution in [0.15, 0.2) is 24.5 Å². The second-order valence-electron chi connectivity index (χ2n) is 6.30. The van der Waals surface area contributed by atoms with E-state index in [9.17, 15) is 4.79 Å². The van der Waals surface area contributed by atoms with Crippen LogP contribution in [0.1, 0.15) is 41.9 Å². The van der Waals surface area contributed by atoms with Gasteiger partial charge in [0.2, 0.25) is 0 Å². The minimum atomic E-state index is -0.410. The highest BCUT2D eigenvalue weighted by Crippen LogP contribution is 2.47. The van der Waals surface area contributed by atoms with Gasteiger partial charge in [-0.15, -0.1) is 0 Å². The average Bonchev–Trinajstić information content (AvgIpc) is 3.02. The van der Waals surface area contributed by atoms with E-state index in [0.717, 1.165) is 48.6 Å². The summed E-state index contributed by atoms with van der Waals surface area (Å²) >= 11 is 0. The zero-order valence-corrected chi connectivity index (χ0v) is 13.7. The van der Waals surface area contributed by atoms with E-state index in [4.69, 9.17) is 15.2 Å². The first kappa shape index (κ1) is 15.2. The third kappa shape index (κ3) is 2.29. The number of fused-ring (bicyclic) bond motifs is 3. The molecular weight excluding hydrogens is 306 g/mol. The molecule has 2 aliphatic heterocycles. The summed E-state index contributed by atoms with van der Waals surface area (Å²) in [4.78, 5) is 16.1. The van der Waals surface area contributed by atoms with Crippen molar-refractivity contribution in [3.8, 4) is 17.0 Å². The zero-order valence-electron chi connectivity index (χ0n) is 13.7. The van der Waals surface area contributed by atoms with Crippen LogP contribution >= 0.6 is 0 Å². The molecule has 0 aromatic carbocycles. The molecule has 0 radical (unpaired) electrons. The highest BCUT2D eigenvalue weighted by atomic mass is 16.5. The van der Waals surface area contributed by atoms with Crippen molar-refractivity contribution < 1.29 is 14.3 Å². The molecule has 0 spiro atoms. The normalized spacial score (nSPS) is 20.1. The molecule has 6 nitrogen and oxygen atoms in total. The number of primary amides is 1. The lowest BCUT2D eigenvalue weighted by molar-refractivity contribution is 0.0162. The van der Waals surface area contributed by atoms with Crippen molar-refractivity contribution in [2.24, 2.45) is 11.7 Å². The van der Waals surface area contributed by atoms with Crippen molar-refractivity contribution in [2.75, 3.05) is 13.2 Å². The highest BCUT2D eigenvalue weighted by molar-refractivity contribution is 5.93. The van der Waals surface area contributed by atoms with Crippen LogP contribution in [0.3, 0.4) is 0 Å². The summed E-state index contributed by atoms with van der Waals surface area (Å²) in [6.45, 7) is 4.19. The summed E-state index contributed by atoms with van der Waals surface area (Å²) in [5, 5.41) is 0. The number of ether oxygens (including phenoxy) is 2. The fourth-order valence-corrected chi connectivity index (χ4v) is 3.86. The number of amides is 1. The number of pyridine rings is 1. The molecular formula is C18H21N3O3. The van der Waals surface area contributed by atoms with Crippen molar-refractivity contribution >= 4 is 5.91 Å². The molecule has 6 heteroatoms. The Bertz CT molecular complexity index is 778. The molecule has 126 valence electrons. The van der Waals surface area contributed by atoms with E-state index in [1.165, 1.54) is 0 Å². The Kier molecular flexibility index (Phi) is 3.76. The van der Waals surface area contributed by atoms with E-state index >= 15 is 0 Å². The second kappa shape index (κ2) is 5.94. The Labute approximate surface area is 140 Å². The molecule has 0 bridgehead atoms. The van der Waals surface area contributed by atoms with Gasteiger partial charge in [-0.1, -0.05) is 0 Å². The Morgan fingerprint density at radius 1 is 1.42 bits per heavy atom. The van der Waals surface area contributed by atoms with Crippen molar-refractivity contribution in [3.05, 3.63) is 35.8 Å². The number of carbonyl (C=O) groups is 1. The van der Waals surface area contributed by atoms with Crippen LogP contribution < -0.4 is 10.5 Å². The van der Waals surface area contributed by atoms with Crippen LogP contribution in [0.5, 0.6) is 5.75 Å². The summed E-state index contributed by atoms with van der Waals surface area (Å²) in [5.41, 5.74) is 9.20. The van der Waals surface area contributed by atoms with Gasteiger partial charge in [-0.05, 0) is 31.9 Å². The summed E-state index contributed by atoms with van der Waals surface area (Å²) in [6.07, 6.45) is 5.30. The first-order chi connectivity index (χ1) is 11.7. The minimum absolute atomic E-state index is 0.0912. The van der Waals surface area contributed by atoms with E-state index in [1.54, 1.807) is 12.4 Å². The van der Waals surface area contributed by atoms with Gasteiger partial charge in [0.1, 0.15) is 17.5 Å². The average molecular weight is 327 g/mol. The number of carbonyl (C=O) groups excluding carboxylic acids is 1. The number of nitrogens with two attached hydrogens (primary N) is 1. The number of rotatable bonds is 3. The number of aromatic nitrogens is 2. The monoisotopic (exact) mass is 327 g/mol. The fraction of sp³-hybridized carbons (Fsp3) is 0.444. The van der Waals surface area contributed by atoms with Crippen LogP contribution in [0.25, 0.3) is 11.3 Å². The lowest BCUT2D eigenvalue weighted by atomic mass is 9.86. The topological polar surface area (TPSA) is 79.4 Å². The molecule has 2 aromatic heterocycles. The standard InChI is InChI=1S/C18H21N3O3/c1-2-21-14(18(19)22)9-13-16(21)12-3-6-20-10-15(12)24-17(13)11-4-7-23-8-5-11/h3,6,9-11,17H,2,4-5,7-8H2,1H3,(H2,19,22)/t17-/m0/s1. The summed E-state index contributed by atoms with van der Waals surface area (Å²) < 4.78 is 13.8. The summed E-state index contributed by atoms with van der Waals surface area (Å²) in [6, 6.07) is 3.84. The van der Waals surface area contributed by atoms with E-state index in [1.807, 2.05) is 23.6 Å². The van der Waals surface area contributed by atoms with Gasteiger partial charge in [0.05, 0.1) is 11.9 Å². The molecule has 1 atom stereocenters. The summed E-state index contributed by atoms with van der Waals surface area (Å²) in [5.74, 6) is 0.720. The van der Waals surface area contributed by atoms with Gasteiger partial charge < -0.3 is 19.8 Å². The predicted octanol–water partition coefficient (Wildman–Crippen LogP) is 2.53. The van der Waals surface area contributed by atoms with E-state index < -0.39 is 5.91 Å². The van der Waals surface area contributed by atoms with Crippen LogP contribution in [-0.4, -0.2) is 28.7 Å². The lowest BCUT2D eigenvalue weighted by Crippen LogP contribution is -2.27. The van der Waals surface area contributed by atoms with Gasteiger partial charge >= 0.3 is 0 Å². The molecule has 1 fully saturated rings. The third-order valence-electron chi connectivity index (χ3n) is 4.99. The van der Waals surface area contributed by atoms with E-state index in [2.05, 4.69) is 4.98 Å². The van der Waals surface area contributed by atoms with Gasteiger partial charge in [-0.2, -0.15) is 0 Å². The molecule has 1 saturated heterocycles. The predicted molar refractivity (Wildman–Crippen MR) is 88.8 cm³/mol. The SMILES string of the molecule is CCn1c(C(N)=O)cc2c1-c1ccncc1O[C@H]2C1CCOCC1. The van der Waals surface area contributed by atoms with Gasteiger partial charge in [-0.25, -0.2) is 0 Å². The number of hydrogen-bond acceptors (Lipinski definition) is 4. The Morgan fingerprint density at radius 2 is 2.21 bits per heavy atom. The lowest BCUT2D eigenvalue weighted by Gasteiger charge is -2.34. The third-order valence-corrected chi connectivity index (χ3v) is 4.99. The first-order valence-electron chi connectivity index (χ1n) is 8.42. The molecule has 0 unspecified atom stereocenters. The number of nitrogens with zero attached hydrogens (tertiary/aromatic N) is 2. The van der Waals surface area contributed by atoms with Crippen molar-refractivity contribution in [1.82, 2.24) is 9.55 Å². The molecule has 2 aromatic rings. The maximum Gasteiger partial charge on any atom is 0.265 e. The molecule has 0 aliphatic carbocycles. The molecule has 2 aliphatic rings. The highest BCUT2D eigenvalue weighted by Gasteiger charge is 2.36. The number of hydrogen-bond donors (Lipinski definition) is 1. The largest absolute Gasteiger partial charge is 0.483 e. The van der Waals surface area contributed by atoms with Crippen LogP contribution in [0.2, 0.25) is 0 Å². The first-order valence-corrected chi connectivity index (χ1v) is 8.42. The van der Waals surface area contributed by atoms with Crippen molar-refractivity contribution in [3.63, 3.8) is 0 Å². The molecule has 0 saturated carbocycles. The van der Waals surface area contributed by atoms with E-state index in [0.29, 0.717) is 18.2 Å². The van der Waals surface area contributed by atoms with Crippen LogP contribution in [0, 0.1) is 5.92 Å². The smallest absolute Gasteiger partial charge is 0.265 e. The summed E-state index contributed by atoms with van der Waals surface area (Å²) in [7, 11) is 0. The Morgan fingerprint density at radius 3 is 2.92 bits per heavy atom. The molecule has 2 N–H and O–H groups in total. The van der Waals surface area contributed by atoms with Crippen molar-refractivity contribution in [1.29, 1.82) is 0 Å². The van der Waals surface area contributed by atoms with Gasteiger partial charge in [0.15, 0.2) is 0 Å². The molecule has 4 heterocycles. The second-order valence-corrected chi connectivity index (χ2v) is 6.30.